The van der Waals surface area contributed by atoms with Crippen LogP contribution in [0.25, 0.3) is 0 Å². The lowest BCUT2D eigenvalue weighted by molar-refractivity contribution is 0.0726. The van der Waals surface area contributed by atoms with E-state index in [2.05, 4.69) is 15.2 Å². The van der Waals surface area contributed by atoms with E-state index in [0.717, 1.165) is 55.6 Å². The monoisotopic (exact) mass is 282 g/mol. The van der Waals surface area contributed by atoms with Gasteiger partial charge in [0.2, 0.25) is 0 Å². The average Bonchev–Trinajstić information content (AvgIpc) is 3.23. The number of carbonyl (C=O) groups is 1. The molecule has 4 rings (SSSR count). The van der Waals surface area contributed by atoms with Crippen LogP contribution in [-0.2, 0) is 12.8 Å². The Kier molecular flexibility index (Phi) is 2.98. The van der Waals surface area contributed by atoms with Gasteiger partial charge in [0.25, 0.3) is 5.91 Å². The molecule has 21 heavy (non-hydrogen) atoms. The highest BCUT2D eigenvalue weighted by Crippen LogP contribution is 2.33. The van der Waals surface area contributed by atoms with Crippen molar-refractivity contribution < 1.29 is 4.79 Å². The summed E-state index contributed by atoms with van der Waals surface area (Å²) in [6, 6.07) is 5.99. The minimum Gasteiger partial charge on any atom is -0.329 e. The van der Waals surface area contributed by atoms with Crippen LogP contribution in [0.4, 0.5) is 0 Å². The summed E-state index contributed by atoms with van der Waals surface area (Å²) in [6.07, 6.45) is 6.90. The molecule has 1 atom stereocenters. The molecule has 2 aromatic heterocycles. The van der Waals surface area contributed by atoms with Gasteiger partial charge in [0, 0.05) is 24.0 Å². The quantitative estimate of drug-likeness (QED) is 0.919. The number of fused-ring (bicyclic) bond motifs is 1. The summed E-state index contributed by atoms with van der Waals surface area (Å²) in [4.78, 5) is 19.2. The fourth-order valence-corrected chi connectivity index (χ4v) is 3.52. The molecule has 108 valence electrons. The van der Waals surface area contributed by atoms with Crippen LogP contribution in [0.3, 0.4) is 0 Å². The van der Waals surface area contributed by atoms with Gasteiger partial charge in [-0.25, -0.2) is 0 Å². The van der Waals surface area contributed by atoms with Gasteiger partial charge >= 0.3 is 0 Å². The number of nitrogens with zero attached hydrogens (tertiary/aromatic N) is 3. The van der Waals surface area contributed by atoms with Crippen LogP contribution in [0.15, 0.2) is 24.4 Å². The van der Waals surface area contributed by atoms with E-state index in [1.807, 2.05) is 23.1 Å². The first kappa shape index (κ1) is 12.6. The number of nitrogens with one attached hydrogen (secondary N) is 1. The van der Waals surface area contributed by atoms with Crippen LogP contribution in [0.2, 0.25) is 0 Å². The van der Waals surface area contributed by atoms with Crippen LogP contribution in [-0.4, -0.2) is 32.5 Å². The maximum absolute atomic E-state index is 12.9. The predicted octanol–water partition coefficient (Wildman–Crippen LogP) is 2.27. The Morgan fingerprint density at radius 3 is 3.10 bits per heavy atom. The van der Waals surface area contributed by atoms with E-state index in [0.29, 0.717) is 5.69 Å². The third-order valence-corrected chi connectivity index (χ3v) is 4.55. The lowest BCUT2D eigenvalue weighted by atomic mass is 10.1. The molecule has 0 radical (unpaired) electrons. The summed E-state index contributed by atoms with van der Waals surface area (Å²) in [5.41, 5.74) is 3.89. The van der Waals surface area contributed by atoms with Gasteiger partial charge in [0.15, 0.2) is 5.69 Å². The number of rotatable bonds is 2. The molecule has 1 saturated heterocycles. The molecular weight excluding hydrogens is 264 g/mol. The summed E-state index contributed by atoms with van der Waals surface area (Å²) in [5, 5.41) is 7.31. The molecule has 1 amide bonds. The van der Waals surface area contributed by atoms with E-state index < -0.39 is 0 Å². The molecule has 5 heteroatoms. The number of hydrogen-bond acceptors (Lipinski definition) is 3. The number of aryl methyl sites for hydroxylation is 1. The van der Waals surface area contributed by atoms with Gasteiger partial charge < -0.3 is 4.90 Å². The molecule has 0 spiro atoms. The van der Waals surface area contributed by atoms with Crippen molar-refractivity contribution in [2.75, 3.05) is 6.54 Å². The number of amides is 1. The zero-order valence-corrected chi connectivity index (χ0v) is 11.9. The van der Waals surface area contributed by atoms with Crippen LogP contribution >= 0.6 is 0 Å². The van der Waals surface area contributed by atoms with Gasteiger partial charge in [-0.05, 0) is 44.2 Å². The molecule has 1 N–H and O–H groups in total. The normalized spacial score (nSPS) is 20.8. The van der Waals surface area contributed by atoms with Crippen molar-refractivity contribution in [3.05, 3.63) is 47.0 Å². The Hall–Kier alpha value is -2.17. The topological polar surface area (TPSA) is 61.9 Å². The van der Waals surface area contributed by atoms with Crippen LogP contribution < -0.4 is 0 Å². The fourth-order valence-electron chi connectivity index (χ4n) is 3.52. The van der Waals surface area contributed by atoms with Gasteiger partial charge in [0.05, 0.1) is 11.7 Å². The second-order valence-electron chi connectivity index (χ2n) is 5.79. The SMILES string of the molecule is O=C(c1n[nH]c2c1CCC2)N1CCCC1c1ccccn1. The molecular formula is C16H18N4O. The zero-order chi connectivity index (χ0) is 14.2. The van der Waals surface area contributed by atoms with Gasteiger partial charge in [-0.15, -0.1) is 0 Å². The molecule has 2 aromatic rings. The Labute approximate surface area is 123 Å². The van der Waals surface area contributed by atoms with E-state index in [9.17, 15) is 4.79 Å². The van der Waals surface area contributed by atoms with Crippen molar-refractivity contribution in [1.82, 2.24) is 20.1 Å². The Balaban J connectivity index is 1.64. The number of aromatic nitrogens is 3. The summed E-state index contributed by atoms with van der Waals surface area (Å²) in [5.74, 6) is 0.0579. The van der Waals surface area contributed by atoms with Crippen LogP contribution in [0.5, 0.6) is 0 Å². The lowest BCUT2D eigenvalue weighted by Crippen LogP contribution is -2.31. The Morgan fingerprint density at radius 1 is 1.29 bits per heavy atom. The van der Waals surface area contributed by atoms with Crippen molar-refractivity contribution >= 4 is 5.91 Å². The van der Waals surface area contributed by atoms with Gasteiger partial charge in [-0.1, -0.05) is 6.07 Å². The van der Waals surface area contributed by atoms with Gasteiger partial charge in [-0.3, -0.25) is 14.9 Å². The second-order valence-corrected chi connectivity index (χ2v) is 5.79. The van der Waals surface area contributed by atoms with E-state index in [4.69, 9.17) is 0 Å². The minimum atomic E-state index is 0.0579. The van der Waals surface area contributed by atoms with Crippen LogP contribution in [0.1, 0.15) is 52.7 Å². The first-order valence-electron chi connectivity index (χ1n) is 7.62. The standard InChI is InChI=1S/C16H18N4O/c21-16(15-11-5-3-7-12(11)18-19-15)20-10-4-8-14(20)13-6-1-2-9-17-13/h1-2,6,9,14H,3-5,7-8,10H2,(H,18,19). The number of aromatic amines is 1. The molecule has 0 aromatic carbocycles. The minimum absolute atomic E-state index is 0.0579. The first-order valence-corrected chi connectivity index (χ1v) is 7.62. The number of H-pyrrole nitrogens is 1. The van der Waals surface area contributed by atoms with Gasteiger partial charge in [0.1, 0.15) is 0 Å². The van der Waals surface area contributed by atoms with E-state index in [1.54, 1.807) is 6.20 Å². The third-order valence-electron chi connectivity index (χ3n) is 4.55. The zero-order valence-electron chi connectivity index (χ0n) is 11.9. The van der Waals surface area contributed by atoms with Crippen molar-refractivity contribution in [2.24, 2.45) is 0 Å². The smallest absolute Gasteiger partial charge is 0.275 e. The van der Waals surface area contributed by atoms with E-state index >= 15 is 0 Å². The highest BCUT2D eigenvalue weighted by Gasteiger charge is 2.34. The molecule has 1 aliphatic carbocycles. The van der Waals surface area contributed by atoms with Crippen LogP contribution in [0, 0.1) is 0 Å². The first-order chi connectivity index (χ1) is 10.3. The van der Waals surface area contributed by atoms with Crippen molar-refractivity contribution in [3.8, 4) is 0 Å². The average molecular weight is 282 g/mol. The Morgan fingerprint density at radius 2 is 2.24 bits per heavy atom. The lowest BCUT2D eigenvalue weighted by Gasteiger charge is -2.23. The second kappa shape index (κ2) is 4.98. The maximum Gasteiger partial charge on any atom is 0.275 e. The summed E-state index contributed by atoms with van der Waals surface area (Å²) >= 11 is 0. The largest absolute Gasteiger partial charge is 0.329 e. The molecule has 0 saturated carbocycles. The summed E-state index contributed by atoms with van der Waals surface area (Å²) in [6.45, 7) is 0.793. The molecule has 1 unspecified atom stereocenters. The highest BCUT2D eigenvalue weighted by molar-refractivity contribution is 5.94. The number of likely N-dealkylation sites (tertiary alicyclic amines) is 1. The molecule has 0 bridgehead atoms. The molecule has 5 nitrogen and oxygen atoms in total. The molecule has 2 aliphatic rings. The van der Waals surface area contributed by atoms with E-state index in [-0.39, 0.29) is 11.9 Å². The van der Waals surface area contributed by atoms with Gasteiger partial charge in [-0.2, -0.15) is 5.10 Å². The highest BCUT2D eigenvalue weighted by atomic mass is 16.2. The fraction of sp³-hybridized carbons (Fsp3) is 0.438. The van der Waals surface area contributed by atoms with Crippen molar-refractivity contribution in [1.29, 1.82) is 0 Å². The number of hydrogen-bond donors (Lipinski definition) is 1. The predicted molar refractivity (Wildman–Crippen MR) is 77.9 cm³/mol. The Bertz CT molecular complexity index is 664. The molecule has 3 heterocycles. The number of carbonyl (C=O) groups excluding carboxylic acids is 1. The van der Waals surface area contributed by atoms with Crippen molar-refractivity contribution in [2.45, 2.75) is 38.1 Å². The molecule has 1 aliphatic heterocycles. The van der Waals surface area contributed by atoms with Crippen molar-refractivity contribution in [3.63, 3.8) is 0 Å². The van der Waals surface area contributed by atoms with E-state index in [1.165, 1.54) is 0 Å². The number of pyridine rings is 1. The summed E-state index contributed by atoms with van der Waals surface area (Å²) in [7, 11) is 0. The maximum atomic E-state index is 12.9. The molecule has 1 fully saturated rings. The third kappa shape index (κ3) is 2.04. The summed E-state index contributed by atoms with van der Waals surface area (Å²) < 4.78 is 0.